The fourth-order valence-electron chi connectivity index (χ4n) is 1.60. The summed E-state index contributed by atoms with van der Waals surface area (Å²) in [5.74, 6) is 0.435. The third-order valence-corrected chi connectivity index (χ3v) is 2.58. The summed E-state index contributed by atoms with van der Waals surface area (Å²) in [7, 11) is 0. The van der Waals surface area contributed by atoms with Gasteiger partial charge in [0.05, 0.1) is 6.42 Å². The predicted octanol–water partition coefficient (Wildman–Crippen LogP) is 2.15. The molecular formula is C14H15N3O. The van der Waals surface area contributed by atoms with E-state index in [0.29, 0.717) is 11.5 Å². The molecule has 92 valence electrons. The van der Waals surface area contributed by atoms with Crippen LogP contribution in [0.2, 0.25) is 0 Å². The Morgan fingerprint density at radius 2 is 2.06 bits per heavy atom. The van der Waals surface area contributed by atoms with Crippen LogP contribution in [0.15, 0.2) is 42.6 Å². The number of hydrogen-bond acceptors (Lipinski definition) is 3. The Labute approximate surface area is 106 Å². The number of nitrogens with two attached hydrogens (primary N) is 1. The molecule has 1 heterocycles. The van der Waals surface area contributed by atoms with Crippen LogP contribution in [-0.2, 0) is 11.2 Å². The second kappa shape index (κ2) is 5.31. The highest BCUT2D eigenvalue weighted by molar-refractivity contribution is 5.92. The Kier molecular flexibility index (Phi) is 3.57. The highest BCUT2D eigenvalue weighted by Gasteiger charge is 2.06. The van der Waals surface area contributed by atoms with Crippen molar-refractivity contribution < 1.29 is 4.79 Å². The number of aromatic nitrogens is 1. The van der Waals surface area contributed by atoms with Crippen molar-refractivity contribution in [3.05, 3.63) is 53.7 Å². The summed E-state index contributed by atoms with van der Waals surface area (Å²) in [5.41, 5.74) is 8.29. The Hall–Kier alpha value is -2.36. The largest absolute Gasteiger partial charge is 0.398 e. The molecule has 0 unspecified atom stereocenters. The van der Waals surface area contributed by atoms with Crippen molar-refractivity contribution in [3.8, 4) is 0 Å². The minimum Gasteiger partial charge on any atom is -0.398 e. The van der Waals surface area contributed by atoms with E-state index in [2.05, 4.69) is 10.3 Å². The summed E-state index contributed by atoms with van der Waals surface area (Å²) in [6.45, 7) is 1.95. The third-order valence-electron chi connectivity index (χ3n) is 2.58. The number of nitrogens with one attached hydrogen (secondary N) is 1. The van der Waals surface area contributed by atoms with Gasteiger partial charge in [0.25, 0.3) is 0 Å². The zero-order chi connectivity index (χ0) is 13.0. The number of rotatable bonds is 3. The van der Waals surface area contributed by atoms with E-state index in [4.69, 9.17) is 5.73 Å². The first-order chi connectivity index (χ1) is 8.65. The molecule has 2 rings (SSSR count). The number of benzene rings is 1. The van der Waals surface area contributed by atoms with Crippen LogP contribution in [0.4, 0.5) is 11.5 Å². The van der Waals surface area contributed by atoms with E-state index in [1.165, 1.54) is 0 Å². The molecule has 18 heavy (non-hydrogen) atoms. The maximum atomic E-state index is 11.8. The maximum Gasteiger partial charge on any atom is 0.230 e. The van der Waals surface area contributed by atoms with Gasteiger partial charge in [-0.15, -0.1) is 0 Å². The summed E-state index contributed by atoms with van der Waals surface area (Å²) in [6.07, 6.45) is 1.97. The van der Waals surface area contributed by atoms with E-state index in [1.807, 2.05) is 31.2 Å². The topological polar surface area (TPSA) is 68.0 Å². The van der Waals surface area contributed by atoms with Crippen molar-refractivity contribution in [3.63, 3.8) is 0 Å². The zero-order valence-electron chi connectivity index (χ0n) is 10.2. The van der Waals surface area contributed by atoms with Crippen molar-refractivity contribution in [1.29, 1.82) is 0 Å². The molecule has 0 aliphatic rings. The summed E-state index contributed by atoms with van der Waals surface area (Å²) < 4.78 is 0. The lowest BCUT2D eigenvalue weighted by Crippen LogP contribution is -2.16. The number of pyridine rings is 1. The summed E-state index contributed by atoms with van der Waals surface area (Å²) in [6, 6.07) is 11.0. The van der Waals surface area contributed by atoms with Crippen LogP contribution in [0.1, 0.15) is 11.1 Å². The summed E-state index contributed by atoms with van der Waals surface area (Å²) in [4.78, 5) is 15.9. The first-order valence-corrected chi connectivity index (χ1v) is 5.71. The molecule has 4 nitrogen and oxygen atoms in total. The number of amides is 1. The van der Waals surface area contributed by atoms with Gasteiger partial charge in [0.15, 0.2) is 0 Å². The van der Waals surface area contributed by atoms with E-state index in [-0.39, 0.29) is 12.3 Å². The molecule has 2 aromatic rings. The number of nitrogen functional groups attached to an aromatic ring is 1. The van der Waals surface area contributed by atoms with Crippen molar-refractivity contribution in [2.24, 2.45) is 0 Å². The van der Waals surface area contributed by atoms with Gasteiger partial charge in [0.2, 0.25) is 5.91 Å². The highest BCUT2D eigenvalue weighted by Crippen LogP contribution is 2.12. The lowest BCUT2D eigenvalue weighted by molar-refractivity contribution is -0.115. The Morgan fingerprint density at radius 1 is 1.28 bits per heavy atom. The molecule has 1 aromatic carbocycles. The van der Waals surface area contributed by atoms with Crippen LogP contribution in [0, 0.1) is 6.92 Å². The summed E-state index contributed by atoms with van der Waals surface area (Å²) >= 11 is 0. The van der Waals surface area contributed by atoms with E-state index in [0.717, 1.165) is 11.1 Å². The fourth-order valence-corrected chi connectivity index (χ4v) is 1.60. The van der Waals surface area contributed by atoms with Crippen molar-refractivity contribution in [1.82, 2.24) is 4.98 Å². The van der Waals surface area contributed by atoms with Crippen LogP contribution in [-0.4, -0.2) is 10.9 Å². The smallest absolute Gasteiger partial charge is 0.230 e. The SMILES string of the molecule is Cc1ccc(NC(=O)Cc2ccccc2N)nc1. The normalized spacial score (nSPS) is 10.1. The first-order valence-electron chi connectivity index (χ1n) is 5.71. The van der Waals surface area contributed by atoms with Crippen LogP contribution in [0.5, 0.6) is 0 Å². The Bertz CT molecular complexity index is 549. The van der Waals surface area contributed by atoms with Gasteiger partial charge >= 0.3 is 0 Å². The summed E-state index contributed by atoms with van der Waals surface area (Å²) in [5, 5.41) is 2.74. The molecule has 3 N–H and O–H groups in total. The molecule has 0 aliphatic carbocycles. The minimum atomic E-state index is -0.121. The molecule has 0 saturated carbocycles. The molecule has 0 bridgehead atoms. The number of hydrogen-bond donors (Lipinski definition) is 2. The Morgan fingerprint density at radius 3 is 2.72 bits per heavy atom. The molecule has 0 spiro atoms. The number of aryl methyl sites for hydroxylation is 1. The second-order valence-corrected chi connectivity index (χ2v) is 4.14. The van der Waals surface area contributed by atoms with Gasteiger partial charge in [0, 0.05) is 11.9 Å². The molecule has 1 amide bonds. The van der Waals surface area contributed by atoms with Gasteiger partial charge in [-0.3, -0.25) is 4.79 Å². The second-order valence-electron chi connectivity index (χ2n) is 4.14. The molecule has 0 radical (unpaired) electrons. The van der Waals surface area contributed by atoms with Crippen molar-refractivity contribution >= 4 is 17.4 Å². The van der Waals surface area contributed by atoms with E-state index in [1.54, 1.807) is 18.3 Å². The van der Waals surface area contributed by atoms with Crippen LogP contribution < -0.4 is 11.1 Å². The maximum absolute atomic E-state index is 11.8. The minimum absolute atomic E-state index is 0.121. The quantitative estimate of drug-likeness (QED) is 0.809. The van der Waals surface area contributed by atoms with Gasteiger partial charge in [-0.05, 0) is 30.2 Å². The average molecular weight is 241 g/mol. The number of para-hydroxylation sites is 1. The molecule has 0 aliphatic heterocycles. The van der Waals surface area contributed by atoms with Crippen LogP contribution in [0.3, 0.4) is 0 Å². The monoisotopic (exact) mass is 241 g/mol. The lowest BCUT2D eigenvalue weighted by atomic mass is 10.1. The average Bonchev–Trinajstić information content (AvgIpc) is 2.35. The lowest BCUT2D eigenvalue weighted by Gasteiger charge is -2.06. The van der Waals surface area contributed by atoms with E-state index < -0.39 is 0 Å². The van der Waals surface area contributed by atoms with Crippen molar-refractivity contribution in [2.45, 2.75) is 13.3 Å². The number of carbonyl (C=O) groups excluding carboxylic acids is 1. The van der Waals surface area contributed by atoms with Crippen LogP contribution in [0.25, 0.3) is 0 Å². The van der Waals surface area contributed by atoms with Gasteiger partial charge in [-0.25, -0.2) is 4.98 Å². The molecule has 4 heteroatoms. The number of nitrogens with zero attached hydrogens (tertiary/aromatic N) is 1. The van der Waals surface area contributed by atoms with Gasteiger partial charge in [0.1, 0.15) is 5.82 Å². The van der Waals surface area contributed by atoms with Crippen LogP contribution >= 0.6 is 0 Å². The standard InChI is InChI=1S/C14H15N3O/c1-10-6-7-13(16-9-10)17-14(18)8-11-4-2-3-5-12(11)15/h2-7,9H,8,15H2,1H3,(H,16,17,18). The third kappa shape index (κ3) is 3.07. The molecule has 1 aromatic heterocycles. The predicted molar refractivity (Wildman–Crippen MR) is 72.2 cm³/mol. The van der Waals surface area contributed by atoms with E-state index in [9.17, 15) is 4.79 Å². The molecule has 0 fully saturated rings. The zero-order valence-corrected chi connectivity index (χ0v) is 10.2. The van der Waals surface area contributed by atoms with Gasteiger partial charge < -0.3 is 11.1 Å². The van der Waals surface area contributed by atoms with Crippen molar-refractivity contribution in [2.75, 3.05) is 11.1 Å². The van der Waals surface area contributed by atoms with Gasteiger partial charge in [-0.1, -0.05) is 24.3 Å². The molecule has 0 atom stereocenters. The highest BCUT2D eigenvalue weighted by atomic mass is 16.1. The molecular weight excluding hydrogens is 226 g/mol. The Balaban J connectivity index is 2.01. The fraction of sp³-hybridized carbons (Fsp3) is 0.143. The molecule has 0 saturated heterocycles. The van der Waals surface area contributed by atoms with Gasteiger partial charge in [-0.2, -0.15) is 0 Å². The first kappa shape index (κ1) is 12.1. The number of carbonyl (C=O) groups is 1. The number of anilines is 2. The van der Waals surface area contributed by atoms with E-state index >= 15 is 0 Å².